The number of rotatable bonds is 3. The van der Waals surface area contributed by atoms with Gasteiger partial charge in [0.1, 0.15) is 0 Å². The second-order valence-electron chi connectivity index (χ2n) is 5.65. The highest BCUT2D eigenvalue weighted by Gasteiger charge is 2.18. The van der Waals surface area contributed by atoms with Crippen molar-refractivity contribution >= 4 is 27.9 Å². The first-order valence-electron chi connectivity index (χ1n) is 7.06. The van der Waals surface area contributed by atoms with Gasteiger partial charge < -0.3 is 5.32 Å². The van der Waals surface area contributed by atoms with E-state index in [2.05, 4.69) is 26.7 Å². The fraction of sp³-hybridized carbons (Fsp3) is 0.333. The Bertz CT molecular complexity index is 829. The van der Waals surface area contributed by atoms with Crippen LogP contribution < -0.4 is 5.32 Å². The zero-order valence-electron chi connectivity index (χ0n) is 12.9. The summed E-state index contributed by atoms with van der Waals surface area (Å²) in [7, 11) is 0. The van der Waals surface area contributed by atoms with E-state index in [-0.39, 0.29) is 11.8 Å². The normalized spacial score (nSPS) is 11.3. The van der Waals surface area contributed by atoms with Gasteiger partial charge in [0.25, 0.3) is 5.91 Å². The summed E-state index contributed by atoms with van der Waals surface area (Å²) in [6.07, 6.45) is 0. The van der Waals surface area contributed by atoms with Gasteiger partial charge in [-0.05, 0) is 37.1 Å². The van der Waals surface area contributed by atoms with E-state index in [4.69, 9.17) is 0 Å². The van der Waals surface area contributed by atoms with E-state index in [0.717, 1.165) is 22.6 Å². The summed E-state index contributed by atoms with van der Waals surface area (Å²) in [6, 6.07) is 5.93. The van der Waals surface area contributed by atoms with Gasteiger partial charge in [0, 0.05) is 11.6 Å². The quantitative estimate of drug-likeness (QED) is 0.805. The number of carbonyl (C=O) groups excluding carboxylic acids is 1. The Morgan fingerprint density at radius 2 is 1.86 bits per heavy atom. The van der Waals surface area contributed by atoms with Gasteiger partial charge in [0.2, 0.25) is 9.97 Å². The maximum atomic E-state index is 12.4. The van der Waals surface area contributed by atoms with Crippen LogP contribution in [0.4, 0.5) is 5.69 Å². The van der Waals surface area contributed by atoms with Crippen LogP contribution in [0.1, 0.15) is 46.5 Å². The summed E-state index contributed by atoms with van der Waals surface area (Å²) in [5, 5.41) is 15.8. The average Bonchev–Trinajstić information content (AvgIpc) is 2.95. The molecule has 0 bridgehead atoms. The second kappa shape index (κ2) is 5.49. The van der Waals surface area contributed by atoms with E-state index in [1.807, 2.05) is 39.8 Å². The van der Waals surface area contributed by atoms with Crippen LogP contribution in [0.3, 0.4) is 0 Å². The van der Waals surface area contributed by atoms with Gasteiger partial charge in [-0.2, -0.15) is 4.52 Å². The molecule has 1 amide bonds. The van der Waals surface area contributed by atoms with Gasteiger partial charge in [0.15, 0.2) is 5.82 Å². The molecule has 6 nitrogen and oxygen atoms in total. The standard InChI is InChI=1S/C15H17N5OS/c1-8(2)12-17-18-15-20(12)19-14(22-15)13(21)16-11-6-9(3)5-10(4)7-11/h5-8H,1-4H3,(H,16,21). The summed E-state index contributed by atoms with van der Waals surface area (Å²) in [6.45, 7) is 8.04. The van der Waals surface area contributed by atoms with Crippen molar-refractivity contribution in [1.82, 2.24) is 19.8 Å². The minimum atomic E-state index is -0.227. The van der Waals surface area contributed by atoms with Gasteiger partial charge in [-0.1, -0.05) is 31.3 Å². The Morgan fingerprint density at radius 3 is 2.50 bits per heavy atom. The van der Waals surface area contributed by atoms with Crippen molar-refractivity contribution in [2.24, 2.45) is 0 Å². The zero-order chi connectivity index (χ0) is 15.9. The first-order chi connectivity index (χ1) is 10.4. The van der Waals surface area contributed by atoms with Gasteiger partial charge in [-0.15, -0.1) is 15.3 Å². The largest absolute Gasteiger partial charge is 0.320 e. The molecule has 0 unspecified atom stereocenters. The third-order valence-corrected chi connectivity index (χ3v) is 4.10. The number of hydrogen-bond donors (Lipinski definition) is 1. The Labute approximate surface area is 132 Å². The molecule has 2 heterocycles. The lowest BCUT2D eigenvalue weighted by atomic mass is 10.1. The van der Waals surface area contributed by atoms with Crippen molar-refractivity contribution in [3.05, 3.63) is 40.2 Å². The molecule has 3 rings (SSSR count). The number of carbonyl (C=O) groups is 1. The number of hydrogen-bond acceptors (Lipinski definition) is 5. The number of fused-ring (bicyclic) bond motifs is 1. The molecule has 2 aromatic heterocycles. The Hall–Kier alpha value is -2.28. The Kier molecular flexibility index (Phi) is 3.66. The minimum Gasteiger partial charge on any atom is -0.320 e. The van der Waals surface area contributed by atoms with Gasteiger partial charge in [0.05, 0.1) is 0 Å². The van der Waals surface area contributed by atoms with E-state index in [1.165, 1.54) is 11.3 Å². The van der Waals surface area contributed by atoms with Crippen LogP contribution >= 0.6 is 11.3 Å². The molecule has 22 heavy (non-hydrogen) atoms. The minimum absolute atomic E-state index is 0.201. The summed E-state index contributed by atoms with van der Waals surface area (Å²) < 4.78 is 1.64. The van der Waals surface area contributed by atoms with Crippen LogP contribution in [0, 0.1) is 13.8 Å². The predicted molar refractivity (Wildman–Crippen MR) is 86.6 cm³/mol. The molecule has 0 saturated heterocycles. The number of anilines is 1. The van der Waals surface area contributed by atoms with Crippen molar-refractivity contribution in [2.75, 3.05) is 5.32 Å². The molecule has 0 fully saturated rings. The molecule has 3 aromatic rings. The first kappa shape index (κ1) is 14.6. The van der Waals surface area contributed by atoms with Crippen molar-refractivity contribution in [3.63, 3.8) is 0 Å². The van der Waals surface area contributed by atoms with Crippen LogP contribution in [0.2, 0.25) is 0 Å². The molecule has 7 heteroatoms. The Morgan fingerprint density at radius 1 is 1.18 bits per heavy atom. The number of amides is 1. The fourth-order valence-electron chi connectivity index (χ4n) is 2.32. The Balaban J connectivity index is 1.88. The molecule has 1 N–H and O–H groups in total. The number of aryl methyl sites for hydroxylation is 2. The molecule has 0 saturated carbocycles. The summed E-state index contributed by atoms with van der Waals surface area (Å²) in [4.78, 5) is 13.0. The molecular weight excluding hydrogens is 298 g/mol. The van der Waals surface area contributed by atoms with E-state index in [0.29, 0.717) is 9.97 Å². The molecular formula is C15H17N5OS. The number of aromatic nitrogens is 4. The zero-order valence-corrected chi connectivity index (χ0v) is 13.7. The summed E-state index contributed by atoms with van der Waals surface area (Å²) in [5.41, 5.74) is 2.99. The highest BCUT2D eigenvalue weighted by molar-refractivity contribution is 7.18. The number of nitrogens with zero attached hydrogens (tertiary/aromatic N) is 4. The van der Waals surface area contributed by atoms with E-state index >= 15 is 0 Å². The molecule has 114 valence electrons. The predicted octanol–water partition coefficient (Wildman–Crippen LogP) is 3.18. The second-order valence-corrected chi connectivity index (χ2v) is 6.60. The van der Waals surface area contributed by atoms with Gasteiger partial charge >= 0.3 is 0 Å². The molecule has 0 radical (unpaired) electrons. The highest BCUT2D eigenvalue weighted by atomic mass is 32.1. The maximum absolute atomic E-state index is 12.4. The topological polar surface area (TPSA) is 72.2 Å². The van der Waals surface area contributed by atoms with Crippen LogP contribution in [-0.2, 0) is 0 Å². The van der Waals surface area contributed by atoms with E-state index in [1.54, 1.807) is 4.52 Å². The lowest BCUT2D eigenvalue weighted by Crippen LogP contribution is -2.12. The number of benzene rings is 1. The van der Waals surface area contributed by atoms with Crippen molar-refractivity contribution < 1.29 is 4.79 Å². The SMILES string of the molecule is Cc1cc(C)cc(NC(=O)c2nn3c(C(C)C)nnc3s2)c1. The van der Waals surface area contributed by atoms with Gasteiger partial charge in [-0.3, -0.25) is 4.79 Å². The van der Waals surface area contributed by atoms with Crippen LogP contribution in [0.15, 0.2) is 18.2 Å². The molecule has 0 aliphatic carbocycles. The summed E-state index contributed by atoms with van der Waals surface area (Å²) in [5.74, 6) is 0.735. The van der Waals surface area contributed by atoms with Crippen LogP contribution in [0.5, 0.6) is 0 Å². The molecule has 0 atom stereocenters. The van der Waals surface area contributed by atoms with Crippen molar-refractivity contribution in [3.8, 4) is 0 Å². The lowest BCUT2D eigenvalue weighted by Gasteiger charge is -2.05. The lowest BCUT2D eigenvalue weighted by molar-refractivity contribution is 0.102. The third-order valence-electron chi connectivity index (χ3n) is 3.21. The molecule has 0 aliphatic rings. The maximum Gasteiger partial charge on any atom is 0.286 e. The van der Waals surface area contributed by atoms with E-state index in [9.17, 15) is 4.79 Å². The van der Waals surface area contributed by atoms with Gasteiger partial charge in [-0.25, -0.2) is 0 Å². The fourth-order valence-corrected chi connectivity index (χ4v) is 3.06. The monoisotopic (exact) mass is 315 g/mol. The smallest absolute Gasteiger partial charge is 0.286 e. The van der Waals surface area contributed by atoms with E-state index < -0.39 is 0 Å². The summed E-state index contributed by atoms with van der Waals surface area (Å²) >= 11 is 1.24. The van der Waals surface area contributed by atoms with Crippen molar-refractivity contribution in [1.29, 1.82) is 0 Å². The highest BCUT2D eigenvalue weighted by Crippen LogP contribution is 2.20. The molecule has 1 aromatic carbocycles. The van der Waals surface area contributed by atoms with Crippen LogP contribution in [0.25, 0.3) is 4.96 Å². The first-order valence-corrected chi connectivity index (χ1v) is 7.87. The van der Waals surface area contributed by atoms with Crippen LogP contribution in [-0.4, -0.2) is 25.7 Å². The molecule has 0 aliphatic heterocycles. The van der Waals surface area contributed by atoms with Crippen molar-refractivity contribution in [2.45, 2.75) is 33.6 Å². The average molecular weight is 315 g/mol. The molecule has 0 spiro atoms. The third kappa shape index (κ3) is 2.71. The number of nitrogens with one attached hydrogen (secondary N) is 1.